The second-order valence-electron chi connectivity index (χ2n) is 6.12. The molecule has 1 aromatic carbocycles. The number of hydrogen-bond donors (Lipinski definition) is 2. The van der Waals surface area contributed by atoms with Gasteiger partial charge in [-0.1, -0.05) is 6.92 Å². The van der Waals surface area contributed by atoms with E-state index in [2.05, 4.69) is 10.0 Å². The number of benzene rings is 1. The van der Waals surface area contributed by atoms with Crippen LogP contribution in [0, 0.1) is 22.5 Å². The molecule has 9 heteroatoms. The van der Waals surface area contributed by atoms with Crippen molar-refractivity contribution in [3.63, 3.8) is 0 Å². The van der Waals surface area contributed by atoms with Gasteiger partial charge in [-0.2, -0.15) is 0 Å². The van der Waals surface area contributed by atoms with E-state index < -0.39 is 14.9 Å². The normalized spacial score (nSPS) is 21.5. The van der Waals surface area contributed by atoms with Crippen LogP contribution in [0.25, 0.3) is 0 Å². The first-order valence-electron chi connectivity index (χ1n) is 7.19. The highest BCUT2D eigenvalue weighted by atomic mass is 35.5. The topological polar surface area (TPSA) is 101 Å². The summed E-state index contributed by atoms with van der Waals surface area (Å²) in [6.45, 7) is 5.69. The van der Waals surface area contributed by atoms with Crippen LogP contribution in [-0.2, 0) is 10.0 Å². The van der Waals surface area contributed by atoms with E-state index in [1.807, 2.05) is 6.92 Å². The molecule has 1 saturated heterocycles. The van der Waals surface area contributed by atoms with Crippen molar-refractivity contribution >= 4 is 28.1 Å². The molecule has 7 nitrogen and oxygen atoms in total. The van der Waals surface area contributed by atoms with E-state index >= 15 is 0 Å². The van der Waals surface area contributed by atoms with Gasteiger partial charge in [0.1, 0.15) is 0 Å². The minimum atomic E-state index is -3.67. The molecule has 23 heavy (non-hydrogen) atoms. The lowest BCUT2D eigenvalue weighted by atomic mass is 9.83. The quantitative estimate of drug-likeness (QED) is 0.615. The fourth-order valence-corrected chi connectivity index (χ4v) is 4.09. The molecule has 2 N–H and O–H groups in total. The second kappa shape index (κ2) is 7.57. The van der Waals surface area contributed by atoms with Crippen molar-refractivity contribution in [2.24, 2.45) is 5.41 Å². The highest BCUT2D eigenvalue weighted by molar-refractivity contribution is 7.89. The summed E-state index contributed by atoms with van der Waals surface area (Å²) in [5, 5.41) is 14.0. The number of aryl methyl sites for hydroxylation is 1. The van der Waals surface area contributed by atoms with Crippen LogP contribution in [0.5, 0.6) is 0 Å². The summed E-state index contributed by atoms with van der Waals surface area (Å²) in [6, 6.07) is 3.78. The smallest absolute Gasteiger partial charge is 0.269 e. The van der Waals surface area contributed by atoms with Crippen LogP contribution in [0.15, 0.2) is 23.1 Å². The molecule has 1 fully saturated rings. The van der Waals surface area contributed by atoms with Crippen molar-refractivity contribution in [1.82, 2.24) is 10.0 Å². The number of nitrogens with zero attached hydrogens (tertiary/aromatic N) is 1. The third-order valence-electron chi connectivity index (χ3n) is 4.03. The summed E-state index contributed by atoms with van der Waals surface area (Å²) in [6.07, 6.45) is 1.98. The van der Waals surface area contributed by atoms with Crippen molar-refractivity contribution < 1.29 is 13.3 Å². The molecule has 1 aromatic rings. The molecule has 0 saturated carbocycles. The highest BCUT2D eigenvalue weighted by Crippen LogP contribution is 2.26. The van der Waals surface area contributed by atoms with Crippen LogP contribution in [0.1, 0.15) is 25.3 Å². The minimum Gasteiger partial charge on any atom is -0.316 e. The Hall–Kier alpha value is -1.22. The molecular weight excluding hydrogens is 342 g/mol. The molecule has 0 bridgehead atoms. The van der Waals surface area contributed by atoms with Crippen LogP contribution in [0.2, 0.25) is 0 Å². The molecule has 1 heterocycles. The lowest BCUT2D eigenvalue weighted by molar-refractivity contribution is -0.385. The Morgan fingerprint density at radius 3 is 2.65 bits per heavy atom. The molecular formula is C14H22ClN3O4S. The van der Waals surface area contributed by atoms with Crippen molar-refractivity contribution in [3.8, 4) is 0 Å². The van der Waals surface area contributed by atoms with Crippen molar-refractivity contribution in [2.75, 3.05) is 19.6 Å². The summed E-state index contributed by atoms with van der Waals surface area (Å²) < 4.78 is 27.5. The second-order valence-corrected chi connectivity index (χ2v) is 7.86. The van der Waals surface area contributed by atoms with Crippen molar-refractivity contribution in [1.29, 1.82) is 0 Å². The van der Waals surface area contributed by atoms with E-state index in [0.717, 1.165) is 25.9 Å². The van der Waals surface area contributed by atoms with Crippen LogP contribution in [-0.4, -0.2) is 33.0 Å². The largest absolute Gasteiger partial charge is 0.316 e. The summed E-state index contributed by atoms with van der Waals surface area (Å²) in [7, 11) is -3.67. The fraction of sp³-hybridized carbons (Fsp3) is 0.571. The zero-order chi connectivity index (χ0) is 16.4. The van der Waals surface area contributed by atoms with Gasteiger partial charge in [0, 0.05) is 25.2 Å². The SMILES string of the molecule is Cc1cc([N+](=O)[O-])ccc1S(=O)(=O)NCC1(C)CCCNC1.Cl. The van der Waals surface area contributed by atoms with Gasteiger partial charge in [0.2, 0.25) is 10.0 Å². The molecule has 1 aliphatic heterocycles. The number of piperidine rings is 1. The molecule has 130 valence electrons. The first kappa shape index (κ1) is 19.8. The third kappa shape index (κ3) is 4.87. The Labute approximate surface area is 142 Å². The minimum absolute atomic E-state index is 0. The zero-order valence-electron chi connectivity index (χ0n) is 13.2. The molecule has 0 aromatic heterocycles. The lowest BCUT2D eigenvalue weighted by Gasteiger charge is -2.34. The van der Waals surface area contributed by atoms with Crippen LogP contribution < -0.4 is 10.0 Å². The van der Waals surface area contributed by atoms with Gasteiger partial charge in [0.05, 0.1) is 9.82 Å². The third-order valence-corrected chi connectivity index (χ3v) is 5.59. The fourth-order valence-electron chi connectivity index (χ4n) is 2.67. The molecule has 0 spiro atoms. The number of nitro groups is 1. The lowest BCUT2D eigenvalue weighted by Crippen LogP contribution is -2.45. The van der Waals surface area contributed by atoms with Crippen LogP contribution in [0.3, 0.4) is 0 Å². The number of nitro benzene ring substituents is 1. The van der Waals surface area contributed by atoms with E-state index in [1.54, 1.807) is 6.92 Å². The van der Waals surface area contributed by atoms with Crippen molar-refractivity contribution in [3.05, 3.63) is 33.9 Å². The van der Waals surface area contributed by atoms with E-state index in [9.17, 15) is 18.5 Å². The van der Waals surface area contributed by atoms with E-state index in [0.29, 0.717) is 12.1 Å². The van der Waals surface area contributed by atoms with Crippen molar-refractivity contribution in [2.45, 2.75) is 31.6 Å². The summed E-state index contributed by atoms with van der Waals surface area (Å²) in [4.78, 5) is 10.3. The number of nitrogens with one attached hydrogen (secondary N) is 2. The first-order chi connectivity index (χ1) is 10.2. The average Bonchev–Trinajstić information content (AvgIpc) is 2.46. The summed E-state index contributed by atoms with van der Waals surface area (Å²) in [5.74, 6) is 0. The number of rotatable bonds is 5. The number of non-ortho nitro benzene ring substituents is 1. The molecule has 2 rings (SSSR count). The zero-order valence-corrected chi connectivity index (χ0v) is 14.8. The molecule has 0 amide bonds. The van der Waals surface area contributed by atoms with Gasteiger partial charge in [-0.05, 0) is 43.4 Å². The molecule has 1 atom stereocenters. The van der Waals surface area contributed by atoms with Gasteiger partial charge in [0.25, 0.3) is 5.69 Å². The Balaban J connectivity index is 0.00000264. The molecule has 0 radical (unpaired) electrons. The predicted molar refractivity (Wildman–Crippen MR) is 90.5 cm³/mol. The number of hydrogen-bond acceptors (Lipinski definition) is 5. The van der Waals surface area contributed by atoms with Gasteiger partial charge in [-0.25, -0.2) is 13.1 Å². The highest BCUT2D eigenvalue weighted by Gasteiger charge is 2.29. The van der Waals surface area contributed by atoms with Gasteiger partial charge in [-0.3, -0.25) is 10.1 Å². The number of sulfonamides is 1. The van der Waals surface area contributed by atoms with Gasteiger partial charge in [0.15, 0.2) is 0 Å². The van der Waals surface area contributed by atoms with E-state index in [-0.39, 0.29) is 28.4 Å². The molecule has 0 aliphatic carbocycles. The van der Waals surface area contributed by atoms with E-state index in [1.165, 1.54) is 18.2 Å². The molecule has 1 unspecified atom stereocenters. The standard InChI is InChI=1S/C14H21N3O4S.ClH/c1-11-8-12(17(18)19)4-5-13(11)22(20,21)16-10-14(2)6-3-7-15-9-14;/h4-5,8,15-16H,3,6-7,9-10H2,1-2H3;1H. The number of halogens is 1. The molecule has 1 aliphatic rings. The van der Waals surface area contributed by atoms with E-state index in [4.69, 9.17) is 0 Å². The maximum Gasteiger partial charge on any atom is 0.269 e. The maximum atomic E-state index is 12.4. The average molecular weight is 364 g/mol. The predicted octanol–water partition coefficient (Wildman–Crippen LogP) is 1.99. The van der Waals surface area contributed by atoms with Gasteiger partial charge in [-0.15, -0.1) is 12.4 Å². The Bertz CT molecular complexity index is 673. The van der Waals surface area contributed by atoms with Crippen LogP contribution >= 0.6 is 12.4 Å². The summed E-state index contributed by atoms with van der Waals surface area (Å²) >= 11 is 0. The van der Waals surface area contributed by atoms with Gasteiger partial charge >= 0.3 is 0 Å². The Morgan fingerprint density at radius 2 is 2.13 bits per heavy atom. The van der Waals surface area contributed by atoms with Crippen LogP contribution in [0.4, 0.5) is 5.69 Å². The Morgan fingerprint density at radius 1 is 1.43 bits per heavy atom. The summed E-state index contributed by atoms with van der Waals surface area (Å²) in [5.41, 5.74) is 0.147. The monoisotopic (exact) mass is 363 g/mol. The maximum absolute atomic E-state index is 12.4. The first-order valence-corrected chi connectivity index (χ1v) is 8.67. The van der Waals surface area contributed by atoms with Gasteiger partial charge < -0.3 is 5.32 Å². The Kier molecular flexibility index (Phi) is 6.52.